The zero-order chi connectivity index (χ0) is 16.6. The maximum Gasteiger partial charge on any atom is 0.242 e. The molecule has 0 bridgehead atoms. The van der Waals surface area contributed by atoms with Crippen LogP contribution in [0.15, 0.2) is 34.2 Å². The van der Waals surface area contributed by atoms with Crippen LogP contribution in [0.2, 0.25) is 0 Å². The van der Waals surface area contributed by atoms with E-state index in [1.165, 1.54) is 18.4 Å². The number of thioether (sulfide) groups is 1. The van der Waals surface area contributed by atoms with E-state index in [1.807, 2.05) is 0 Å². The van der Waals surface area contributed by atoms with Gasteiger partial charge in [-0.05, 0) is 24.0 Å². The summed E-state index contributed by atoms with van der Waals surface area (Å²) in [5.74, 6) is 1.75. The number of aliphatic imine (C=N–C) groups is 1. The van der Waals surface area contributed by atoms with E-state index in [0.717, 1.165) is 23.8 Å². The van der Waals surface area contributed by atoms with E-state index in [4.69, 9.17) is 0 Å². The Balaban J connectivity index is 0.00000484. The third kappa shape index (κ3) is 7.27. The third-order valence-corrected chi connectivity index (χ3v) is 5.43. The van der Waals surface area contributed by atoms with Gasteiger partial charge in [0.15, 0.2) is 5.96 Å². The Morgan fingerprint density at radius 1 is 1.22 bits per heavy atom. The van der Waals surface area contributed by atoms with Crippen molar-refractivity contribution < 1.29 is 8.42 Å². The molecule has 0 spiro atoms. The maximum atomic E-state index is 12.0. The SMILES string of the molecule is CN=C(NCCSC)NCc1ccc(S(=O)(=O)N(C)C)cc1.I. The van der Waals surface area contributed by atoms with Crippen LogP contribution >= 0.6 is 35.7 Å². The fourth-order valence-electron chi connectivity index (χ4n) is 1.67. The number of nitrogens with zero attached hydrogens (tertiary/aromatic N) is 2. The van der Waals surface area contributed by atoms with Crippen LogP contribution in [0.4, 0.5) is 0 Å². The quantitative estimate of drug-likeness (QED) is 0.273. The number of rotatable bonds is 7. The maximum absolute atomic E-state index is 12.0. The van der Waals surface area contributed by atoms with Crippen molar-refractivity contribution in [1.29, 1.82) is 0 Å². The topological polar surface area (TPSA) is 73.8 Å². The summed E-state index contributed by atoms with van der Waals surface area (Å²) in [6.45, 7) is 1.43. The lowest BCUT2D eigenvalue weighted by atomic mass is 10.2. The number of benzene rings is 1. The van der Waals surface area contributed by atoms with Gasteiger partial charge in [0.1, 0.15) is 0 Å². The van der Waals surface area contributed by atoms with Gasteiger partial charge in [-0.1, -0.05) is 12.1 Å². The fraction of sp³-hybridized carbons (Fsp3) is 0.500. The second kappa shape index (κ2) is 11.1. The molecule has 1 aromatic rings. The summed E-state index contributed by atoms with van der Waals surface area (Å²) in [6, 6.07) is 6.85. The average molecular weight is 472 g/mol. The molecule has 0 amide bonds. The number of hydrogen-bond acceptors (Lipinski definition) is 4. The van der Waals surface area contributed by atoms with Crippen LogP contribution in [0.25, 0.3) is 0 Å². The summed E-state index contributed by atoms with van der Waals surface area (Å²) < 4.78 is 25.2. The van der Waals surface area contributed by atoms with E-state index in [1.54, 1.807) is 43.1 Å². The molecule has 0 aliphatic rings. The lowest BCUT2D eigenvalue weighted by molar-refractivity contribution is 0.520. The van der Waals surface area contributed by atoms with Crippen molar-refractivity contribution in [3.63, 3.8) is 0 Å². The second-order valence-corrected chi connectivity index (χ2v) is 7.91. The molecule has 9 heteroatoms. The van der Waals surface area contributed by atoms with Crippen LogP contribution in [0.5, 0.6) is 0 Å². The van der Waals surface area contributed by atoms with Gasteiger partial charge < -0.3 is 10.6 Å². The number of guanidine groups is 1. The highest BCUT2D eigenvalue weighted by atomic mass is 127. The van der Waals surface area contributed by atoms with E-state index >= 15 is 0 Å². The molecule has 0 saturated carbocycles. The van der Waals surface area contributed by atoms with Crippen LogP contribution in [0, 0.1) is 0 Å². The molecule has 0 fully saturated rings. The zero-order valence-corrected chi connectivity index (χ0v) is 17.8. The van der Waals surface area contributed by atoms with Gasteiger partial charge in [0.25, 0.3) is 0 Å². The van der Waals surface area contributed by atoms with Gasteiger partial charge in [-0.25, -0.2) is 12.7 Å². The van der Waals surface area contributed by atoms with Crippen molar-refractivity contribution in [2.45, 2.75) is 11.4 Å². The lowest BCUT2D eigenvalue weighted by Crippen LogP contribution is -2.37. The van der Waals surface area contributed by atoms with Gasteiger partial charge in [0.05, 0.1) is 4.90 Å². The minimum atomic E-state index is -3.37. The molecule has 0 aliphatic carbocycles. The van der Waals surface area contributed by atoms with Gasteiger partial charge >= 0.3 is 0 Å². The van der Waals surface area contributed by atoms with E-state index in [9.17, 15) is 8.42 Å². The Labute approximate surface area is 160 Å². The number of nitrogens with one attached hydrogen (secondary N) is 2. The minimum Gasteiger partial charge on any atom is -0.356 e. The molecule has 0 atom stereocenters. The van der Waals surface area contributed by atoms with Crippen LogP contribution in [-0.2, 0) is 16.6 Å². The van der Waals surface area contributed by atoms with Crippen molar-refractivity contribution in [1.82, 2.24) is 14.9 Å². The lowest BCUT2D eigenvalue weighted by Gasteiger charge is -2.13. The van der Waals surface area contributed by atoms with Crippen LogP contribution in [0.1, 0.15) is 5.56 Å². The predicted molar refractivity (Wildman–Crippen MR) is 109 cm³/mol. The van der Waals surface area contributed by atoms with Crippen LogP contribution < -0.4 is 10.6 Å². The normalized spacial score (nSPS) is 12.0. The van der Waals surface area contributed by atoms with Crippen molar-refractivity contribution in [2.24, 2.45) is 4.99 Å². The summed E-state index contributed by atoms with van der Waals surface area (Å²) in [7, 11) is 1.40. The Morgan fingerprint density at radius 2 is 1.83 bits per heavy atom. The average Bonchev–Trinajstić information content (AvgIpc) is 2.51. The summed E-state index contributed by atoms with van der Waals surface area (Å²) in [5, 5.41) is 6.40. The molecule has 1 rings (SSSR count). The molecule has 0 unspecified atom stereocenters. The first-order valence-electron chi connectivity index (χ1n) is 6.86. The first-order chi connectivity index (χ1) is 10.4. The molecule has 6 nitrogen and oxygen atoms in total. The molecule has 23 heavy (non-hydrogen) atoms. The molecule has 0 radical (unpaired) electrons. The zero-order valence-electron chi connectivity index (χ0n) is 13.9. The molecule has 1 aromatic carbocycles. The van der Waals surface area contributed by atoms with Gasteiger partial charge in [-0.2, -0.15) is 11.8 Å². The molecule has 0 aliphatic heterocycles. The molecule has 0 saturated heterocycles. The summed E-state index contributed by atoms with van der Waals surface area (Å²) in [4.78, 5) is 4.43. The highest BCUT2D eigenvalue weighted by Gasteiger charge is 2.16. The first kappa shape index (κ1) is 22.5. The monoisotopic (exact) mass is 472 g/mol. The summed E-state index contributed by atoms with van der Waals surface area (Å²) >= 11 is 1.77. The molecular weight excluding hydrogens is 447 g/mol. The van der Waals surface area contributed by atoms with Gasteiger partial charge in [-0.15, -0.1) is 24.0 Å². The van der Waals surface area contributed by atoms with Crippen molar-refractivity contribution in [3.05, 3.63) is 29.8 Å². The Kier molecular flexibility index (Phi) is 10.9. The van der Waals surface area contributed by atoms with E-state index < -0.39 is 10.0 Å². The standard InChI is InChI=1S/C14H24N4O2S2.HI/c1-15-14(16-9-10-21-4)17-11-12-5-7-13(8-6-12)22(19,20)18(2)3;/h5-8H,9-11H2,1-4H3,(H2,15,16,17);1H. The smallest absolute Gasteiger partial charge is 0.242 e. The number of halogens is 1. The van der Waals surface area contributed by atoms with Crippen LogP contribution in [0.3, 0.4) is 0 Å². The van der Waals surface area contributed by atoms with E-state index in [-0.39, 0.29) is 24.0 Å². The number of sulfonamides is 1. The molecule has 0 aromatic heterocycles. The summed E-state index contributed by atoms with van der Waals surface area (Å²) in [5.41, 5.74) is 0.991. The minimum absolute atomic E-state index is 0. The largest absolute Gasteiger partial charge is 0.356 e. The highest BCUT2D eigenvalue weighted by Crippen LogP contribution is 2.13. The van der Waals surface area contributed by atoms with Crippen LogP contribution in [-0.4, -0.2) is 58.4 Å². The van der Waals surface area contributed by atoms with Crippen molar-refractivity contribution >= 4 is 51.7 Å². The summed E-state index contributed by atoms with van der Waals surface area (Å²) in [6.07, 6.45) is 2.06. The number of hydrogen-bond donors (Lipinski definition) is 2. The Hall–Kier alpha value is -0.520. The van der Waals surface area contributed by atoms with Gasteiger partial charge in [-0.3, -0.25) is 4.99 Å². The Morgan fingerprint density at radius 3 is 2.30 bits per heavy atom. The molecule has 2 N–H and O–H groups in total. The molecular formula is C14H25IN4O2S2. The molecule has 0 heterocycles. The molecule has 132 valence electrons. The Bertz CT molecular complexity index is 589. The van der Waals surface area contributed by atoms with Crippen molar-refractivity contribution in [2.75, 3.05) is 39.7 Å². The van der Waals surface area contributed by atoms with Gasteiger partial charge in [0, 0.05) is 40.0 Å². The van der Waals surface area contributed by atoms with E-state index in [0.29, 0.717) is 11.4 Å². The fourth-order valence-corrected chi connectivity index (χ4v) is 2.88. The third-order valence-electron chi connectivity index (χ3n) is 2.98. The highest BCUT2D eigenvalue weighted by molar-refractivity contribution is 14.0. The predicted octanol–water partition coefficient (Wildman–Crippen LogP) is 1.58. The van der Waals surface area contributed by atoms with E-state index in [2.05, 4.69) is 21.9 Å². The van der Waals surface area contributed by atoms with Gasteiger partial charge in [0.2, 0.25) is 10.0 Å². The van der Waals surface area contributed by atoms with Crippen molar-refractivity contribution in [3.8, 4) is 0 Å². The first-order valence-corrected chi connectivity index (χ1v) is 9.70. The second-order valence-electron chi connectivity index (χ2n) is 4.78.